The highest BCUT2D eigenvalue weighted by Crippen LogP contribution is 2.52. The average molecular weight is 314 g/mol. The average Bonchev–Trinajstić information content (AvgIpc) is 2.85. The summed E-state index contributed by atoms with van der Waals surface area (Å²) in [5.74, 6) is -0.923. The van der Waals surface area contributed by atoms with Crippen molar-refractivity contribution in [3.63, 3.8) is 0 Å². The summed E-state index contributed by atoms with van der Waals surface area (Å²) in [5.41, 5.74) is -2.17. The van der Waals surface area contributed by atoms with Crippen LogP contribution in [0.3, 0.4) is 0 Å². The molecule has 0 aromatic heterocycles. The molecule has 1 aromatic rings. The Kier molecular flexibility index (Phi) is 3.42. The Morgan fingerprint density at radius 1 is 1.52 bits per heavy atom. The van der Waals surface area contributed by atoms with E-state index in [0.29, 0.717) is 11.3 Å². The smallest absolute Gasteiger partial charge is 0.333 e. The third-order valence-electron chi connectivity index (χ3n) is 4.73. The summed E-state index contributed by atoms with van der Waals surface area (Å²) in [6.45, 7) is 3.34. The van der Waals surface area contributed by atoms with E-state index >= 15 is 0 Å². The highest BCUT2D eigenvalue weighted by Gasteiger charge is 2.66. The number of carbonyl (C=O) groups is 2. The number of para-hydroxylation sites is 1. The summed E-state index contributed by atoms with van der Waals surface area (Å²) in [6.07, 6.45) is 0.367. The maximum atomic E-state index is 12.7. The molecule has 0 unspecified atom stereocenters. The molecular formula is C17H18N2O4. The zero-order valence-corrected chi connectivity index (χ0v) is 13.1. The van der Waals surface area contributed by atoms with Gasteiger partial charge in [0.15, 0.2) is 0 Å². The first kappa shape index (κ1) is 15.5. The maximum absolute atomic E-state index is 12.7. The fourth-order valence-electron chi connectivity index (χ4n) is 3.77. The molecule has 2 heterocycles. The van der Waals surface area contributed by atoms with E-state index in [9.17, 15) is 20.0 Å². The number of ether oxygens (including phenoxy) is 1. The van der Waals surface area contributed by atoms with Crippen LogP contribution in [-0.2, 0) is 19.7 Å². The van der Waals surface area contributed by atoms with Gasteiger partial charge in [0.05, 0.1) is 24.3 Å². The number of benzene rings is 1. The van der Waals surface area contributed by atoms with E-state index in [0.717, 1.165) is 0 Å². The molecule has 0 spiro atoms. The molecule has 1 fully saturated rings. The van der Waals surface area contributed by atoms with E-state index in [1.807, 2.05) is 0 Å². The van der Waals surface area contributed by atoms with E-state index in [-0.39, 0.29) is 25.4 Å². The van der Waals surface area contributed by atoms with Gasteiger partial charge in [-0.2, -0.15) is 5.26 Å². The fourth-order valence-corrected chi connectivity index (χ4v) is 3.77. The quantitative estimate of drug-likeness (QED) is 0.830. The molecule has 6 heteroatoms. The molecule has 1 N–H and O–H groups in total. The van der Waals surface area contributed by atoms with Crippen LogP contribution in [0.5, 0.6) is 0 Å². The largest absolute Gasteiger partial charge is 0.464 e. The number of hydrogen-bond acceptors (Lipinski definition) is 5. The first-order valence-corrected chi connectivity index (χ1v) is 7.62. The molecule has 2 aliphatic heterocycles. The molecule has 1 saturated heterocycles. The van der Waals surface area contributed by atoms with E-state index in [1.165, 1.54) is 4.90 Å². The number of carbonyl (C=O) groups excluding carboxylic acids is 2. The van der Waals surface area contributed by atoms with Crippen molar-refractivity contribution in [2.24, 2.45) is 0 Å². The van der Waals surface area contributed by atoms with Crippen LogP contribution in [-0.4, -0.2) is 35.2 Å². The lowest BCUT2D eigenvalue weighted by atomic mass is 9.69. The second-order valence-corrected chi connectivity index (χ2v) is 6.18. The normalized spacial score (nSPS) is 32.0. The minimum atomic E-state index is -1.72. The van der Waals surface area contributed by atoms with E-state index < -0.39 is 23.0 Å². The van der Waals surface area contributed by atoms with Gasteiger partial charge in [0.1, 0.15) is 0 Å². The zero-order valence-electron chi connectivity index (χ0n) is 13.1. The van der Waals surface area contributed by atoms with Gasteiger partial charge >= 0.3 is 5.97 Å². The van der Waals surface area contributed by atoms with Crippen molar-refractivity contribution in [2.45, 2.75) is 43.7 Å². The number of fused-ring (bicyclic) bond motifs is 3. The number of piperidine rings is 1. The number of rotatable bonds is 2. The topological polar surface area (TPSA) is 90.6 Å². The van der Waals surface area contributed by atoms with Crippen LogP contribution in [0.2, 0.25) is 0 Å². The van der Waals surface area contributed by atoms with Crippen LogP contribution >= 0.6 is 0 Å². The van der Waals surface area contributed by atoms with Crippen molar-refractivity contribution in [2.75, 3.05) is 11.5 Å². The monoisotopic (exact) mass is 314 g/mol. The predicted molar refractivity (Wildman–Crippen MR) is 81.5 cm³/mol. The van der Waals surface area contributed by atoms with Gasteiger partial charge in [-0.15, -0.1) is 0 Å². The van der Waals surface area contributed by atoms with Crippen molar-refractivity contribution in [3.8, 4) is 6.07 Å². The van der Waals surface area contributed by atoms with Crippen molar-refractivity contribution in [1.82, 2.24) is 0 Å². The minimum absolute atomic E-state index is 0.118. The highest BCUT2D eigenvalue weighted by atomic mass is 16.5. The molecule has 2 aliphatic rings. The van der Waals surface area contributed by atoms with Crippen molar-refractivity contribution in [3.05, 3.63) is 29.8 Å². The second kappa shape index (κ2) is 5.07. The highest BCUT2D eigenvalue weighted by molar-refractivity contribution is 6.05. The van der Waals surface area contributed by atoms with E-state index in [4.69, 9.17) is 4.74 Å². The van der Waals surface area contributed by atoms with Crippen LogP contribution in [0.4, 0.5) is 5.69 Å². The first-order valence-electron chi connectivity index (χ1n) is 7.62. The van der Waals surface area contributed by atoms with Crippen LogP contribution in [0.15, 0.2) is 24.3 Å². The molecule has 6 nitrogen and oxygen atoms in total. The molecule has 1 amide bonds. The van der Waals surface area contributed by atoms with Gasteiger partial charge in [-0.25, -0.2) is 4.79 Å². The summed E-state index contributed by atoms with van der Waals surface area (Å²) in [5, 5.41) is 20.8. The Labute approximate surface area is 134 Å². The summed E-state index contributed by atoms with van der Waals surface area (Å²) >= 11 is 0. The molecule has 120 valence electrons. The van der Waals surface area contributed by atoms with Gasteiger partial charge in [-0.3, -0.25) is 4.79 Å². The van der Waals surface area contributed by atoms with Crippen LogP contribution < -0.4 is 4.90 Å². The summed E-state index contributed by atoms with van der Waals surface area (Å²) in [6, 6.07) is 7.87. The van der Waals surface area contributed by atoms with Gasteiger partial charge < -0.3 is 14.7 Å². The second-order valence-electron chi connectivity index (χ2n) is 6.18. The molecule has 3 rings (SSSR count). The molecule has 0 aliphatic carbocycles. The van der Waals surface area contributed by atoms with Gasteiger partial charge in [-0.1, -0.05) is 18.2 Å². The zero-order chi connectivity index (χ0) is 16.8. The van der Waals surface area contributed by atoms with Gasteiger partial charge in [-0.05, 0) is 26.3 Å². The minimum Gasteiger partial charge on any atom is -0.464 e. The molecule has 3 atom stereocenters. The lowest BCUT2D eigenvalue weighted by Crippen LogP contribution is -2.65. The van der Waals surface area contributed by atoms with Crippen molar-refractivity contribution >= 4 is 17.6 Å². The molecule has 23 heavy (non-hydrogen) atoms. The number of nitriles is 1. The predicted octanol–water partition coefficient (Wildman–Crippen LogP) is 1.27. The van der Waals surface area contributed by atoms with Crippen molar-refractivity contribution < 1.29 is 19.4 Å². The summed E-state index contributed by atoms with van der Waals surface area (Å²) < 4.78 is 5.14. The number of anilines is 1. The summed E-state index contributed by atoms with van der Waals surface area (Å²) in [4.78, 5) is 26.6. The van der Waals surface area contributed by atoms with Crippen molar-refractivity contribution in [1.29, 1.82) is 5.26 Å². The van der Waals surface area contributed by atoms with Crippen LogP contribution in [0, 0.1) is 11.3 Å². The third kappa shape index (κ3) is 1.90. The lowest BCUT2D eigenvalue weighted by molar-refractivity contribution is -0.152. The Bertz CT molecular complexity index is 722. The number of nitrogens with zero attached hydrogens (tertiary/aromatic N) is 2. The fraction of sp³-hybridized carbons (Fsp3) is 0.471. The Hall–Kier alpha value is -2.39. The molecule has 0 radical (unpaired) electrons. The third-order valence-corrected chi connectivity index (χ3v) is 4.73. The first-order chi connectivity index (χ1) is 10.9. The molecular weight excluding hydrogens is 296 g/mol. The SMILES string of the molecule is CCOC(=O)[C@]1(C#N)c2ccccc2N2C(=O)CC[C@](C)(O)[C@H]21. The standard InChI is InChI=1S/C17H18N2O4/c1-3-23-15(21)17(10-18)11-6-4-5-7-12(11)19-13(20)8-9-16(2,22)14(17)19/h4-7,14,22H,3,8-9H2,1-2H3/t14-,16-,17+/m0/s1. The van der Waals surface area contributed by atoms with E-state index in [2.05, 4.69) is 6.07 Å². The van der Waals surface area contributed by atoms with Gasteiger partial charge in [0, 0.05) is 17.7 Å². The number of amides is 1. The molecule has 1 aromatic carbocycles. The summed E-state index contributed by atoms with van der Waals surface area (Å²) in [7, 11) is 0. The van der Waals surface area contributed by atoms with Gasteiger partial charge in [0.2, 0.25) is 11.3 Å². The van der Waals surface area contributed by atoms with E-state index in [1.54, 1.807) is 38.1 Å². The number of aliphatic hydroxyl groups is 1. The Morgan fingerprint density at radius 3 is 2.87 bits per heavy atom. The number of hydrogen-bond donors (Lipinski definition) is 1. The molecule has 0 saturated carbocycles. The van der Waals surface area contributed by atoms with Crippen LogP contribution in [0.1, 0.15) is 32.3 Å². The number of esters is 1. The molecule has 0 bridgehead atoms. The Balaban J connectivity index is 2.30. The Morgan fingerprint density at radius 2 is 2.22 bits per heavy atom. The lowest BCUT2D eigenvalue weighted by Gasteiger charge is -2.45. The van der Waals surface area contributed by atoms with Gasteiger partial charge in [0.25, 0.3) is 0 Å². The maximum Gasteiger partial charge on any atom is 0.333 e. The van der Waals surface area contributed by atoms with Crippen LogP contribution in [0.25, 0.3) is 0 Å².